The van der Waals surface area contributed by atoms with Crippen LogP contribution in [0.4, 0.5) is 0 Å². The Hall–Kier alpha value is -2.13. The molecule has 1 heterocycles. The molecule has 0 radical (unpaired) electrons. The molecule has 4 rings (SSSR count). The molecule has 2 aromatic carbocycles. The first-order valence-electron chi connectivity index (χ1n) is 10.8. The largest absolute Gasteiger partial charge is 0.353 e. The van der Waals surface area contributed by atoms with Gasteiger partial charge < -0.3 is 5.32 Å². The summed E-state index contributed by atoms with van der Waals surface area (Å²) in [4.78, 5) is 15.6. The first-order chi connectivity index (χ1) is 13.7. The minimum atomic E-state index is -0.0407. The number of nitrogens with zero attached hydrogens (tertiary/aromatic N) is 1. The molecule has 1 aliphatic carbocycles. The van der Waals surface area contributed by atoms with Gasteiger partial charge in [0.15, 0.2) is 0 Å². The lowest BCUT2D eigenvalue weighted by Gasteiger charge is -2.27. The predicted octanol–water partition coefficient (Wildman–Crippen LogP) is 4.77. The second-order valence-electron chi connectivity index (χ2n) is 8.53. The van der Waals surface area contributed by atoms with Gasteiger partial charge >= 0.3 is 0 Å². The summed E-state index contributed by atoms with van der Waals surface area (Å²) in [5, 5.41) is 3.43. The fraction of sp³-hybridized carbons (Fsp3) is 0.480. The number of rotatable bonds is 6. The topological polar surface area (TPSA) is 32.3 Å². The van der Waals surface area contributed by atoms with Crippen molar-refractivity contribution in [3.05, 3.63) is 71.8 Å². The van der Waals surface area contributed by atoms with Crippen molar-refractivity contribution in [2.45, 2.75) is 51.1 Å². The van der Waals surface area contributed by atoms with E-state index < -0.39 is 0 Å². The third kappa shape index (κ3) is 3.86. The van der Waals surface area contributed by atoms with Gasteiger partial charge in [-0.05, 0) is 49.1 Å². The van der Waals surface area contributed by atoms with E-state index in [1.807, 2.05) is 18.2 Å². The van der Waals surface area contributed by atoms with E-state index in [0.29, 0.717) is 23.9 Å². The molecule has 1 aliphatic heterocycles. The van der Waals surface area contributed by atoms with E-state index in [9.17, 15) is 4.79 Å². The summed E-state index contributed by atoms with van der Waals surface area (Å²) in [7, 11) is 0. The van der Waals surface area contributed by atoms with Crippen molar-refractivity contribution in [1.82, 2.24) is 10.2 Å². The van der Waals surface area contributed by atoms with Gasteiger partial charge in [-0.1, -0.05) is 67.6 Å². The van der Waals surface area contributed by atoms with Gasteiger partial charge in [0.05, 0.1) is 5.92 Å². The van der Waals surface area contributed by atoms with Gasteiger partial charge in [-0.2, -0.15) is 0 Å². The fourth-order valence-corrected chi connectivity index (χ4v) is 5.28. The Morgan fingerprint density at radius 3 is 2.29 bits per heavy atom. The van der Waals surface area contributed by atoms with Crippen LogP contribution in [0.2, 0.25) is 0 Å². The van der Waals surface area contributed by atoms with Crippen LogP contribution in [0.3, 0.4) is 0 Å². The number of nitrogens with one attached hydrogen (secondary N) is 1. The molecule has 0 unspecified atom stereocenters. The Balaban J connectivity index is 1.40. The molecule has 28 heavy (non-hydrogen) atoms. The SMILES string of the molecule is CC[C@H](C(=O)N[C@H]1CC[C@H]2CN([C@@H](C)c3ccccc3)C[C@H]21)c1ccccc1. The Bertz CT molecular complexity index is 776. The molecule has 0 aromatic heterocycles. The smallest absolute Gasteiger partial charge is 0.227 e. The number of benzene rings is 2. The maximum absolute atomic E-state index is 13.0. The fourth-order valence-electron chi connectivity index (χ4n) is 5.28. The number of amides is 1. The number of hydrogen-bond acceptors (Lipinski definition) is 2. The summed E-state index contributed by atoms with van der Waals surface area (Å²) in [5.74, 6) is 1.46. The van der Waals surface area contributed by atoms with Crippen LogP contribution in [-0.4, -0.2) is 29.9 Å². The first kappa shape index (κ1) is 19.2. The molecular formula is C25H32N2O. The van der Waals surface area contributed by atoms with Gasteiger partial charge in [0.25, 0.3) is 0 Å². The van der Waals surface area contributed by atoms with Crippen LogP contribution in [0.5, 0.6) is 0 Å². The molecular weight excluding hydrogens is 344 g/mol. The molecule has 2 fully saturated rings. The molecule has 0 bridgehead atoms. The number of carbonyl (C=O) groups is 1. The lowest BCUT2D eigenvalue weighted by Crippen LogP contribution is -2.42. The van der Waals surface area contributed by atoms with Crippen LogP contribution < -0.4 is 5.32 Å². The molecule has 2 aliphatic rings. The third-order valence-electron chi connectivity index (χ3n) is 6.97. The highest BCUT2D eigenvalue weighted by molar-refractivity contribution is 5.83. The highest BCUT2D eigenvalue weighted by Gasteiger charge is 2.44. The third-order valence-corrected chi connectivity index (χ3v) is 6.97. The van der Waals surface area contributed by atoms with Crippen LogP contribution in [0, 0.1) is 11.8 Å². The zero-order valence-electron chi connectivity index (χ0n) is 17.1. The van der Waals surface area contributed by atoms with E-state index in [1.165, 1.54) is 12.0 Å². The van der Waals surface area contributed by atoms with Crippen molar-refractivity contribution in [2.75, 3.05) is 13.1 Å². The second-order valence-corrected chi connectivity index (χ2v) is 8.53. The molecule has 1 saturated carbocycles. The Morgan fingerprint density at radius 1 is 1.00 bits per heavy atom. The molecule has 3 heteroatoms. The zero-order valence-corrected chi connectivity index (χ0v) is 17.1. The standard InChI is InChI=1S/C25H32N2O/c1-3-22(20-12-8-5-9-13-20)25(28)26-24-15-14-21-16-27(17-23(21)24)18(2)19-10-6-4-7-11-19/h4-13,18,21-24H,3,14-17H2,1-2H3,(H,26,28)/t18-,21-,22-,23+,24-/m0/s1. The maximum Gasteiger partial charge on any atom is 0.227 e. The molecule has 0 spiro atoms. The summed E-state index contributed by atoms with van der Waals surface area (Å²) in [6, 6.07) is 21.8. The molecule has 2 aromatic rings. The summed E-state index contributed by atoms with van der Waals surface area (Å²) in [6.45, 7) is 6.66. The Morgan fingerprint density at radius 2 is 1.64 bits per heavy atom. The van der Waals surface area contributed by atoms with Gasteiger partial charge in [-0.25, -0.2) is 0 Å². The lowest BCUT2D eigenvalue weighted by atomic mass is 9.93. The summed E-state index contributed by atoms with van der Waals surface area (Å²) in [6.07, 6.45) is 3.20. The monoisotopic (exact) mass is 376 g/mol. The summed E-state index contributed by atoms with van der Waals surface area (Å²) in [5.41, 5.74) is 2.51. The quantitative estimate of drug-likeness (QED) is 0.788. The molecule has 148 valence electrons. The first-order valence-corrected chi connectivity index (χ1v) is 10.8. The van der Waals surface area contributed by atoms with Crippen molar-refractivity contribution in [1.29, 1.82) is 0 Å². The van der Waals surface area contributed by atoms with Gasteiger partial charge in [0.2, 0.25) is 5.91 Å². The van der Waals surface area contributed by atoms with Gasteiger partial charge in [-0.15, -0.1) is 0 Å². The minimum absolute atomic E-state index is 0.0407. The van der Waals surface area contributed by atoms with E-state index in [1.54, 1.807) is 0 Å². The predicted molar refractivity (Wildman–Crippen MR) is 114 cm³/mol. The van der Waals surface area contributed by atoms with Crippen molar-refractivity contribution in [3.63, 3.8) is 0 Å². The molecule has 1 saturated heterocycles. The minimum Gasteiger partial charge on any atom is -0.353 e. The van der Waals surface area contributed by atoms with Crippen LogP contribution in [-0.2, 0) is 4.79 Å². The van der Waals surface area contributed by atoms with E-state index in [-0.39, 0.29) is 11.8 Å². The Labute approximate surface area is 169 Å². The molecule has 1 N–H and O–H groups in total. The van der Waals surface area contributed by atoms with Crippen molar-refractivity contribution in [2.24, 2.45) is 11.8 Å². The van der Waals surface area contributed by atoms with Gasteiger partial charge in [0, 0.05) is 25.2 Å². The number of likely N-dealkylation sites (tertiary alicyclic amines) is 1. The number of hydrogen-bond donors (Lipinski definition) is 1. The van der Waals surface area contributed by atoms with E-state index in [0.717, 1.165) is 31.5 Å². The molecule has 5 atom stereocenters. The zero-order chi connectivity index (χ0) is 19.5. The van der Waals surface area contributed by atoms with Crippen LogP contribution in [0.1, 0.15) is 56.2 Å². The van der Waals surface area contributed by atoms with Crippen molar-refractivity contribution < 1.29 is 4.79 Å². The van der Waals surface area contributed by atoms with Crippen LogP contribution in [0.15, 0.2) is 60.7 Å². The summed E-state index contributed by atoms with van der Waals surface area (Å²) >= 11 is 0. The van der Waals surface area contributed by atoms with E-state index >= 15 is 0 Å². The van der Waals surface area contributed by atoms with Gasteiger partial charge in [-0.3, -0.25) is 9.69 Å². The lowest BCUT2D eigenvalue weighted by molar-refractivity contribution is -0.123. The number of fused-ring (bicyclic) bond motifs is 1. The highest BCUT2D eigenvalue weighted by atomic mass is 16.1. The second kappa shape index (κ2) is 8.48. The summed E-state index contributed by atoms with van der Waals surface area (Å²) < 4.78 is 0. The number of carbonyl (C=O) groups excluding carboxylic acids is 1. The van der Waals surface area contributed by atoms with Crippen LogP contribution in [0.25, 0.3) is 0 Å². The van der Waals surface area contributed by atoms with E-state index in [4.69, 9.17) is 0 Å². The molecule has 3 nitrogen and oxygen atoms in total. The van der Waals surface area contributed by atoms with Crippen molar-refractivity contribution >= 4 is 5.91 Å². The average molecular weight is 377 g/mol. The normalized spacial score (nSPS) is 26.6. The van der Waals surface area contributed by atoms with Crippen LogP contribution >= 0.6 is 0 Å². The van der Waals surface area contributed by atoms with Gasteiger partial charge in [0.1, 0.15) is 0 Å². The molecule has 1 amide bonds. The maximum atomic E-state index is 13.0. The van der Waals surface area contributed by atoms with Crippen molar-refractivity contribution in [3.8, 4) is 0 Å². The highest BCUT2D eigenvalue weighted by Crippen LogP contribution is 2.41. The van der Waals surface area contributed by atoms with E-state index in [2.05, 4.69) is 66.5 Å². The Kier molecular flexibility index (Phi) is 5.82. The average Bonchev–Trinajstić information content (AvgIpc) is 3.31.